The Labute approximate surface area is 102 Å². The molecule has 0 atom stereocenters. The Balaban J connectivity index is 2.32. The molecule has 3 rings (SSSR count). The molecule has 84 valence electrons. The maximum absolute atomic E-state index is 11.1. The second kappa shape index (κ2) is 3.53. The molecular formula is C12H7ClN2O2. The van der Waals surface area contributed by atoms with E-state index in [1.54, 1.807) is 6.07 Å². The van der Waals surface area contributed by atoms with Crippen molar-refractivity contribution in [3.05, 3.63) is 51.1 Å². The van der Waals surface area contributed by atoms with Crippen molar-refractivity contribution in [1.82, 2.24) is 0 Å². The zero-order valence-electron chi connectivity index (χ0n) is 8.68. The smallest absolute Gasteiger partial charge is 0.258 e. The third kappa shape index (κ3) is 1.41. The summed E-state index contributed by atoms with van der Waals surface area (Å²) in [6, 6.07) is 3.24. The summed E-state index contributed by atoms with van der Waals surface area (Å²) in [6.45, 7) is 0. The predicted molar refractivity (Wildman–Crippen MR) is 66.9 cm³/mol. The van der Waals surface area contributed by atoms with Crippen LogP contribution in [0.25, 0.3) is 5.57 Å². The van der Waals surface area contributed by atoms with Gasteiger partial charge in [-0.15, -0.1) is 0 Å². The largest absolute Gasteiger partial charge is 0.297 e. The Kier molecular flexibility index (Phi) is 2.12. The van der Waals surface area contributed by atoms with Crippen LogP contribution in [-0.4, -0.2) is 10.6 Å². The first-order chi connectivity index (χ1) is 8.18. The quantitative estimate of drug-likeness (QED) is 0.561. The number of benzene rings is 1. The van der Waals surface area contributed by atoms with Crippen molar-refractivity contribution < 1.29 is 4.92 Å². The van der Waals surface area contributed by atoms with Gasteiger partial charge in [-0.3, -0.25) is 15.1 Å². The third-order valence-corrected chi connectivity index (χ3v) is 3.14. The first-order valence-corrected chi connectivity index (χ1v) is 5.48. The van der Waals surface area contributed by atoms with E-state index in [-0.39, 0.29) is 10.7 Å². The van der Waals surface area contributed by atoms with Gasteiger partial charge < -0.3 is 0 Å². The fourth-order valence-electron chi connectivity index (χ4n) is 2.12. The third-order valence-electron chi connectivity index (χ3n) is 2.84. The molecule has 0 saturated heterocycles. The summed E-state index contributed by atoms with van der Waals surface area (Å²) in [6.07, 6.45) is 6.41. The first kappa shape index (κ1) is 10.2. The molecule has 1 aromatic carbocycles. The van der Waals surface area contributed by atoms with E-state index in [0.29, 0.717) is 17.7 Å². The lowest BCUT2D eigenvalue weighted by atomic mass is 9.96. The molecule has 5 heteroatoms. The van der Waals surface area contributed by atoms with E-state index >= 15 is 0 Å². The minimum atomic E-state index is -0.446. The number of allylic oxidation sites excluding steroid dienone is 4. The maximum Gasteiger partial charge on any atom is 0.297 e. The number of nitro benzene ring substituents is 1. The highest BCUT2D eigenvalue weighted by Gasteiger charge is 2.31. The number of hydrogen-bond donors (Lipinski definition) is 0. The van der Waals surface area contributed by atoms with E-state index < -0.39 is 4.92 Å². The highest BCUT2D eigenvalue weighted by Crippen LogP contribution is 2.45. The summed E-state index contributed by atoms with van der Waals surface area (Å²) >= 11 is 5.90. The second-order valence-corrected chi connectivity index (χ2v) is 4.23. The average Bonchev–Trinajstić information content (AvgIpc) is 2.67. The molecule has 0 radical (unpaired) electrons. The molecule has 1 heterocycles. The van der Waals surface area contributed by atoms with Crippen LogP contribution in [0.1, 0.15) is 12.0 Å². The molecule has 1 aromatic rings. The molecular weight excluding hydrogens is 240 g/mol. The van der Waals surface area contributed by atoms with Gasteiger partial charge in [0, 0.05) is 12.0 Å². The van der Waals surface area contributed by atoms with Gasteiger partial charge in [0.1, 0.15) is 5.02 Å². The summed E-state index contributed by atoms with van der Waals surface area (Å²) in [4.78, 5) is 15.0. The van der Waals surface area contributed by atoms with E-state index in [1.165, 1.54) is 6.07 Å². The van der Waals surface area contributed by atoms with Crippen LogP contribution in [0.4, 0.5) is 11.4 Å². The van der Waals surface area contributed by atoms with Crippen LogP contribution in [0.2, 0.25) is 5.02 Å². The van der Waals surface area contributed by atoms with E-state index in [1.807, 2.05) is 18.2 Å². The van der Waals surface area contributed by atoms with Gasteiger partial charge in [-0.2, -0.15) is 0 Å². The number of hydrogen-bond acceptors (Lipinski definition) is 3. The lowest BCUT2D eigenvalue weighted by molar-refractivity contribution is -0.384. The van der Waals surface area contributed by atoms with Gasteiger partial charge in [0.2, 0.25) is 0 Å². The van der Waals surface area contributed by atoms with E-state index in [0.717, 1.165) is 11.3 Å². The van der Waals surface area contributed by atoms with Gasteiger partial charge in [-0.1, -0.05) is 29.8 Å². The van der Waals surface area contributed by atoms with Crippen molar-refractivity contribution >= 4 is 34.3 Å². The normalized spacial score (nSPS) is 16.1. The van der Waals surface area contributed by atoms with Crippen LogP contribution in [0.15, 0.2) is 35.4 Å². The summed E-state index contributed by atoms with van der Waals surface area (Å²) < 4.78 is 0. The van der Waals surface area contributed by atoms with Crippen LogP contribution in [0, 0.1) is 10.1 Å². The van der Waals surface area contributed by atoms with Gasteiger partial charge in [0.15, 0.2) is 0 Å². The van der Waals surface area contributed by atoms with Gasteiger partial charge in [0.25, 0.3) is 5.69 Å². The zero-order valence-corrected chi connectivity index (χ0v) is 9.44. The van der Waals surface area contributed by atoms with Gasteiger partial charge >= 0.3 is 0 Å². The molecule has 17 heavy (non-hydrogen) atoms. The first-order valence-electron chi connectivity index (χ1n) is 5.10. The lowest BCUT2D eigenvalue weighted by Crippen LogP contribution is -2.01. The van der Waals surface area contributed by atoms with Gasteiger partial charge in [-0.05, 0) is 12.1 Å². The minimum Gasteiger partial charge on any atom is -0.258 e. The molecule has 2 aliphatic rings. The summed E-state index contributed by atoms with van der Waals surface area (Å²) in [5, 5.41) is 11.2. The number of fused-ring (bicyclic) bond motifs is 3. The number of nitro groups is 1. The molecule has 1 aliphatic carbocycles. The fourth-order valence-corrected chi connectivity index (χ4v) is 2.35. The average molecular weight is 247 g/mol. The van der Waals surface area contributed by atoms with Crippen LogP contribution in [0.5, 0.6) is 0 Å². The molecule has 0 spiro atoms. The molecule has 0 bridgehead atoms. The predicted octanol–water partition coefficient (Wildman–Crippen LogP) is 3.68. The van der Waals surface area contributed by atoms with Crippen molar-refractivity contribution in [2.45, 2.75) is 6.42 Å². The number of halogens is 1. The van der Waals surface area contributed by atoms with Crippen molar-refractivity contribution in [3.63, 3.8) is 0 Å². The molecule has 1 aliphatic heterocycles. The van der Waals surface area contributed by atoms with Crippen molar-refractivity contribution in [2.75, 3.05) is 0 Å². The van der Waals surface area contributed by atoms with Crippen LogP contribution >= 0.6 is 11.6 Å². The number of nitrogens with zero attached hydrogens (tertiary/aromatic N) is 2. The molecule has 0 unspecified atom stereocenters. The molecule has 0 N–H and O–H groups in total. The summed E-state index contributed by atoms with van der Waals surface area (Å²) in [7, 11) is 0. The Morgan fingerprint density at radius 3 is 3.00 bits per heavy atom. The van der Waals surface area contributed by atoms with E-state index in [2.05, 4.69) is 4.99 Å². The topological polar surface area (TPSA) is 55.5 Å². The Bertz CT molecular complexity index is 630. The van der Waals surface area contributed by atoms with Gasteiger partial charge in [-0.25, -0.2) is 0 Å². The van der Waals surface area contributed by atoms with E-state index in [9.17, 15) is 10.1 Å². The molecule has 0 amide bonds. The molecule has 0 aromatic heterocycles. The fraction of sp³-hybridized carbons (Fsp3) is 0.0833. The van der Waals surface area contributed by atoms with Crippen molar-refractivity contribution in [3.8, 4) is 0 Å². The summed E-state index contributed by atoms with van der Waals surface area (Å²) in [5.74, 6) is 0. The maximum atomic E-state index is 11.1. The number of rotatable bonds is 1. The summed E-state index contributed by atoms with van der Waals surface area (Å²) in [5.41, 5.74) is 2.81. The molecule has 4 nitrogen and oxygen atoms in total. The monoisotopic (exact) mass is 246 g/mol. The molecule has 0 fully saturated rings. The van der Waals surface area contributed by atoms with E-state index in [4.69, 9.17) is 11.6 Å². The van der Waals surface area contributed by atoms with Gasteiger partial charge in [0.05, 0.1) is 21.9 Å². The van der Waals surface area contributed by atoms with Crippen LogP contribution in [0.3, 0.4) is 0 Å². The van der Waals surface area contributed by atoms with Crippen molar-refractivity contribution in [2.24, 2.45) is 4.99 Å². The lowest BCUT2D eigenvalue weighted by Gasteiger charge is -2.06. The Morgan fingerprint density at radius 1 is 1.41 bits per heavy atom. The van der Waals surface area contributed by atoms with Crippen molar-refractivity contribution in [1.29, 1.82) is 0 Å². The Hall–Kier alpha value is -1.94. The standard InChI is InChI=1S/C12H7ClN2O2/c13-8-5-6-10-11(12(8)15(16)17)7-3-1-2-4-9(7)14-10/h1-3,5-6H,4H2. The Morgan fingerprint density at radius 2 is 2.24 bits per heavy atom. The van der Waals surface area contributed by atoms with Crippen LogP contribution < -0.4 is 0 Å². The highest BCUT2D eigenvalue weighted by atomic mass is 35.5. The van der Waals surface area contributed by atoms with Crippen LogP contribution in [-0.2, 0) is 0 Å². The zero-order chi connectivity index (χ0) is 12.0. The second-order valence-electron chi connectivity index (χ2n) is 3.82. The SMILES string of the molecule is O=[N+]([O-])c1c(Cl)ccc2c1C1=CC=CCC1=N2. The molecule has 0 saturated carbocycles. The minimum absolute atomic E-state index is 0.0514. The highest BCUT2D eigenvalue weighted by molar-refractivity contribution is 6.36. The number of aliphatic imine (C=N–C) groups is 1.